The van der Waals surface area contributed by atoms with Gasteiger partial charge in [-0.15, -0.1) is 22.0 Å². The largest absolute Gasteiger partial charge is 0.296 e. The fourth-order valence-corrected chi connectivity index (χ4v) is 5.43. The Morgan fingerprint density at radius 1 is 0.767 bits per heavy atom. The Morgan fingerprint density at radius 2 is 1.37 bits per heavy atom. The predicted octanol–water partition coefficient (Wildman–Crippen LogP) is 6.38. The number of hydrogen-bond donors (Lipinski definition) is 1. The quantitative estimate of drug-likeness (QED) is 0.250. The molecule has 150 valence electrons. The highest BCUT2D eigenvalue weighted by molar-refractivity contribution is 8.00. The van der Waals surface area contributed by atoms with E-state index in [2.05, 4.69) is 39.8 Å². The molecule has 0 aliphatic carbocycles. The van der Waals surface area contributed by atoms with Gasteiger partial charge in [0.2, 0.25) is 5.13 Å². The summed E-state index contributed by atoms with van der Waals surface area (Å²) in [5.41, 5.74) is 3.10. The van der Waals surface area contributed by atoms with Gasteiger partial charge in [-0.2, -0.15) is 0 Å². The summed E-state index contributed by atoms with van der Waals surface area (Å²) in [5, 5.41) is 11.7. The van der Waals surface area contributed by atoms with Crippen molar-refractivity contribution in [1.29, 1.82) is 0 Å². The number of benzene rings is 3. The van der Waals surface area contributed by atoms with E-state index >= 15 is 0 Å². The van der Waals surface area contributed by atoms with Crippen LogP contribution in [0.3, 0.4) is 0 Å². The molecule has 1 aromatic heterocycles. The first kappa shape index (κ1) is 20.7. The molecule has 4 rings (SSSR count). The van der Waals surface area contributed by atoms with Crippen LogP contribution in [0, 0.1) is 0 Å². The molecule has 0 saturated heterocycles. The van der Waals surface area contributed by atoms with Gasteiger partial charge < -0.3 is 0 Å². The molecule has 0 spiro atoms. The van der Waals surface area contributed by atoms with Crippen LogP contribution in [0.5, 0.6) is 0 Å². The van der Waals surface area contributed by atoms with Gasteiger partial charge in [-0.05, 0) is 23.3 Å². The van der Waals surface area contributed by atoms with Gasteiger partial charge in [0.05, 0.1) is 5.56 Å². The van der Waals surface area contributed by atoms with Crippen LogP contribution in [-0.4, -0.2) is 16.1 Å². The van der Waals surface area contributed by atoms with Crippen molar-refractivity contribution in [3.8, 4) is 0 Å². The molecule has 7 heteroatoms. The molecule has 1 N–H and O–H groups in total. The van der Waals surface area contributed by atoms with Crippen LogP contribution >= 0.6 is 34.9 Å². The number of carbonyl (C=O) groups excluding carboxylic acids is 1. The molecule has 4 aromatic rings. The van der Waals surface area contributed by atoms with Gasteiger partial charge in [0.1, 0.15) is 0 Å². The highest BCUT2D eigenvalue weighted by atomic mass is 32.2. The van der Waals surface area contributed by atoms with Crippen LogP contribution in [0.1, 0.15) is 21.5 Å². The summed E-state index contributed by atoms with van der Waals surface area (Å²) in [4.78, 5) is 13.8. The number of nitrogens with one attached hydrogen (secondary N) is 1. The highest BCUT2D eigenvalue weighted by Gasteiger charge is 2.14. The van der Waals surface area contributed by atoms with E-state index in [-0.39, 0.29) is 5.91 Å². The minimum absolute atomic E-state index is 0.165. The summed E-state index contributed by atoms with van der Waals surface area (Å²) < 4.78 is 0.834. The van der Waals surface area contributed by atoms with E-state index in [1.807, 2.05) is 60.7 Å². The van der Waals surface area contributed by atoms with Crippen molar-refractivity contribution >= 4 is 45.9 Å². The van der Waals surface area contributed by atoms with Crippen molar-refractivity contribution in [3.05, 3.63) is 102 Å². The molecule has 0 saturated carbocycles. The maximum atomic E-state index is 12.8. The highest BCUT2D eigenvalue weighted by Crippen LogP contribution is 2.30. The topological polar surface area (TPSA) is 54.9 Å². The van der Waals surface area contributed by atoms with Crippen molar-refractivity contribution in [2.75, 3.05) is 5.32 Å². The Bertz CT molecular complexity index is 1100. The number of carbonyl (C=O) groups is 1. The minimum Gasteiger partial charge on any atom is -0.296 e. The Balaban J connectivity index is 1.38. The summed E-state index contributed by atoms with van der Waals surface area (Å²) in [6.07, 6.45) is 0. The number of hydrogen-bond acceptors (Lipinski definition) is 6. The van der Waals surface area contributed by atoms with Gasteiger partial charge in [0.25, 0.3) is 5.91 Å². The second-order valence-electron chi connectivity index (χ2n) is 6.37. The number of aromatic nitrogens is 2. The van der Waals surface area contributed by atoms with Crippen LogP contribution in [0.15, 0.2) is 94.2 Å². The van der Waals surface area contributed by atoms with Crippen molar-refractivity contribution < 1.29 is 4.79 Å². The average molecular weight is 450 g/mol. The standard InChI is InChI=1S/C23H19N3OS3/c27-21(19-13-7-8-14-20(19)28-15-17-9-3-1-4-10-17)24-22-25-26-23(30-22)29-16-18-11-5-2-6-12-18/h1-14H,15-16H2,(H,24,25,27). The summed E-state index contributed by atoms with van der Waals surface area (Å²) in [6, 6.07) is 28.1. The predicted molar refractivity (Wildman–Crippen MR) is 126 cm³/mol. The second kappa shape index (κ2) is 10.4. The van der Waals surface area contributed by atoms with E-state index in [1.165, 1.54) is 22.5 Å². The van der Waals surface area contributed by atoms with E-state index in [1.54, 1.807) is 23.5 Å². The van der Waals surface area contributed by atoms with E-state index in [9.17, 15) is 4.79 Å². The van der Waals surface area contributed by atoms with E-state index in [0.29, 0.717) is 10.7 Å². The lowest BCUT2D eigenvalue weighted by atomic mass is 10.2. The third-order valence-electron chi connectivity index (χ3n) is 4.20. The molecule has 1 heterocycles. The monoisotopic (exact) mass is 449 g/mol. The van der Waals surface area contributed by atoms with E-state index in [0.717, 1.165) is 20.7 Å². The first-order valence-corrected chi connectivity index (χ1v) is 12.1. The van der Waals surface area contributed by atoms with Crippen LogP contribution in [0.25, 0.3) is 0 Å². The molecule has 0 atom stereocenters. The molecule has 0 aliphatic heterocycles. The van der Waals surface area contributed by atoms with Crippen LogP contribution in [0.2, 0.25) is 0 Å². The third-order valence-corrected chi connectivity index (χ3v) is 7.39. The Kier molecular flexibility index (Phi) is 7.18. The van der Waals surface area contributed by atoms with Gasteiger partial charge in [-0.25, -0.2) is 0 Å². The molecule has 30 heavy (non-hydrogen) atoms. The zero-order chi connectivity index (χ0) is 20.6. The number of nitrogens with zero attached hydrogens (tertiary/aromatic N) is 2. The first-order chi connectivity index (χ1) is 14.8. The normalized spacial score (nSPS) is 10.7. The van der Waals surface area contributed by atoms with E-state index in [4.69, 9.17) is 0 Å². The maximum Gasteiger partial charge on any atom is 0.258 e. The fourth-order valence-electron chi connectivity index (χ4n) is 2.72. The molecule has 3 aromatic carbocycles. The molecular formula is C23H19N3OS3. The Hall–Kier alpha value is -2.61. The molecule has 0 radical (unpaired) electrons. The first-order valence-electron chi connectivity index (χ1n) is 9.35. The number of anilines is 1. The lowest BCUT2D eigenvalue weighted by molar-refractivity contribution is 0.102. The van der Waals surface area contributed by atoms with Crippen LogP contribution in [-0.2, 0) is 11.5 Å². The number of rotatable bonds is 8. The zero-order valence-corrected chi connectivity index (χ0v) is 18.5. The fraction of sp³-hybridized carbons (Fsp3) is 0.0870. The van der Waals surface area contributed by atoms with Crippen LogP contribution < -0.4 is 5.32 Å². The van der Waals surface area contributed by atoms with Crippen molar-refractivity contribution in [1.82, 2.24) is 10.2 Å². The van der Waals surface area contributed by atoms with Gasteiger partial charge in [0, 0.05) is 16.4 Å². The van der Waals surface area contributed by atoms with Crippen molar-refractivity contribution in [2.24, 2.45) is 0 Å². The van der Waals surface area contributed by atoms with Gasteiger partial charge in [-0.1, -0.05) is 95.9 Å². The van der Waals surface area contributed by atoms with Gasteiger partial charge in [-0.3, -0.25) is 10.1 Å². The summed E-state index contributed by atoms with van der Waals surface area (Å²) >= 11 is 4.66. The molecule has 0 fully saturated rings. The molecule has 0 aliphatic rings. The second-order valence-corrected chi connectivity index (χ2v) is 9.59. The zero-order valence-electron chi connectivity index (χ0n) is 16.0. The van der Waals surface area contributed by atoms with Crippen molar-refractivity contribution in [2.45, 2.75) is 20.7 Å². The smallest absolute Gasteiger partial charge is 0.258 e. The molecule has 0 unspecified atom stereocenters. The van der Waals surface area contributed by atoms with E-state index < -0.39 is 0 Å². The maximum absolute atomic E-state index is 12.8. The SMILES string of the molecule is O=C(Nc1nnc(SCc2ccccc2)s1)c1ccccc1SCc1ccccc1. The molecule has 4 nitrogen and oxygen atoms in total. The molecule has 0 bridgehead atoms. The summed E-state index contributed by atoms with van der Waals surface area (Å²) in [5.74, 6) is 1.47. The Labute approximate surface area is 188 Å². The number of thioether (sulfide) groups is 2. The average Bonchev–Trinajstić information content (AvgIpc) is 3.25. The van der Waals surface area contributed by atoms with Gasteiger partial charge >= 0.3 is 0 Å². The summed E-state index contributed by atoms with van der Waals surface area (Å²) in [6.45, 7) is 0. The lowest BCUT2D eigenvalue weighted by Gasteiger charge is -2.08. The Morgan fingerprint density at radius 3 is 2.07 bits per heavy atom. The van der Waals surface area contributed by atoms with Crippen LogP contribution in [0.4, 0.5) is 5.13 Å². The van der Waals surface area contributed by atoms with Gasteiger partial charge in [0.15, 0.2) is 4.34 Å². The molecule has 1 amide bonds. The minimum atomic E-state index is -0.165. The molecular weight excluding hydrogens is 430 g/mol. The lowest BCUT2D eigenvalue weighted by Crippen LogP contribution is -2.12. The third kappa shape index (κ3) is 5.72. The van der Waals surface area contributed by atoms with Crippen molar-refractivity contribution in [3.63, 3.8) is 0 Å². The number of amides is 1. The summed E-state index contributed by atoms with van der Waals surface area (Å²) in [7, 11) is 0.